The van der Waals surface area contributed by atoms with E-state index in [1.54, 1.807) is 6.92 Å². The molecule has 1 atom stereocenters. The van der Waals surface area contributed by atoms with Crippen LogP contribution in [0.3, 0.4) is 0 Å². The summed E-state index contributed by atoms with van der Waals surface area (Å²) >= 11 is 0. The fourth-order valence-corrected chi connectivity index (χ4v) is 0.896. The molecule has 0 aromatic carbocycles. The SMILES string of the molecule is CC=CC(=O)NC(CCC(=O)O)C(=O)O. The minimum Gasteiger partial charge on any atom is -0.481 e. The van der Waals surface area contributed by atoms with Crippen molar-refractivity contribution in [2.45, 2.75) is 25.8 Å². The van der Waals surface area contributed by atoms with Crippen molar-refractivity contribution in [3.8, 4) is 0 Å². The summed E-state index contributed by atoms with van der Waals surface area (Å²) in [6, 6.07) is -1.16. The standard InChI is InChI=1S/C9H13NO5/c1-2-3-7(11)10-6(9(14)15)4-5-8(12)13/h2-3,6H,4-5H2,1H3,(H,10,11)(H,12,13)(H,14,15). The van der Waals surface area contributed by atoms with E-state index in [2.05, 4.69) is 5.32 Å². The van der Waals surface area contributed by atoms with Gasteiger partial charge in [-0.15, -0.1) is 0 Å². The van der Waals surface area contributed by atoms with E-state index < -0.39 is 23.9 Å². The number of amides is 1. The third kappa shape index (κ3) is 6.25. The van der Waals surface area contributed by atoms with Gasteiger partial charge in [-0.3, -0.25) is 9.59 Å². The van der Waals surface area contributed by atoms with Crippen molar-refractivity contribution in [2.75, 3.05) is 0 Å². The molecule has 0 bridgehead atoms. The minimum atomic E-state index is -1.24. The van der Waals surface area contributed by atoms with Crippen LogP contribution in [0.2, 0.25) is 0 Å². The van der Waals surface area contributed by atoms with Crippen molar-refractivity contribution in [1.82, 2.24) is 5.32 Å². The lowest BCUT2D eigenvalue weighted by Gasteiger charge is -2.11. The summed E-state index contributed by atoms with van der Waals surface area (Å²) < 4.78 is 0. The summed E-state index contributed by atoms with van der Waals surface area (Å²) in [7, 11) is 0. The van der Waals surface area contributed by atoms with Crippen LogP contribution in [0.1, 0.15) is 19.8 Å². The highest BCUT2D eigenvalue weighted by molar-refractivity contribution is 5.91. The van der Waals surface area contributed by atoms with E-state index in [0.29, 0.717) is 0 Å². The molecule has 0 aliphatic rings. The third-order valence-corrected chi connectivity index (χ3v) is 1.58. The van der Waals surface area contributed by atoms with Gasteiger partial charge in [0.2, 0.25) is 5.91 Å². The zero-order chi connectivity index (χ0) is 11.8. The molecule has 1 unspecified atom stereocenters. The van der Waals surface area contributed by atoms with Gasteiger partial charge in [0.05, 0.1) is 0 Å². The van der Waals surface area contributed by atoms with Gasteiger partial charge < -0.3 is 15.5 Å². The molecule has 0 fully saturated rings. The number of carboxylic acids is 2. The van der Waals surface area contributed by atoms with Crippen LogP contribution >= 0.6 is 0 Å². The van der Waals surface area contributed by atoms with Gasteiger partial charge in [0.15, 0.2) is 0 Å². The van der Waals surface area contributed by atoms with Crippen LogP contribution < -0.4 is 5.32 Å². The molecule has 0 aromatic rings. The first-order chi connectivity index (χ1) is 6.97. The number of carboxylic acid groups (broad SMARTS) is 2. The molecule has 0 aliphatic carbocycles. The lowest BCUT2D eigenvalue weighted by Crippen LogP contribution is -2.40. The van der Waals surface area contributed by atoms with Gasteiger partial charge >= 0.3 is 11.9 Å². The summed E-state index contributed by atoms with van der Waals surface area (Å²) in [6.45, 7) is 1.62. The maximum Gasteiger partial charge on any atom is 0.326 e. The normalized spacial score (nSPS) is 12.3. The summed E-state index contributed by atoms with van der Waals surface area (Å²) in [5.74, 6) is -2.88. The summed E-state index contributed by atoms with van der Waals surface area (Å²) in [4.78, 5) is 31.8. The van der Waals surface area contributed by atoms with Gasteiger partial charge in [-0.2, -0.15) is 0 Å². The largest absolute Gasteiger partial charge is 0.481 e. The van der Waals surface area contributed by atoms with E-state index in [-0.39, 0.29) is 12.8 Å². The van der Waals surface area contributed by atoms with Crippen LogP contribution in [0.15, 0.2) is 12.2 Å². The Hall–Kier alpha value is -1.85. The van der Waals surface area contributed by atoms with Crippen molar-refractivity contribution < 1.29 is 24.6 Å². The second-order valence-electron chi connectivity index (χ2n) is 2.83. The zero-order valence-corrected chi connectivity index (χ0v) is 8.27. The van der Waals surface area contributed by atoms with Crippen LogP contribution in [0.25, 0.3) is 0 Å². The van der Waals surface area contributed by atoms with Gasteiger partial charge in [-0.25, -0.2) is 4.79 Å². The van der Waals surface area contributed by atoms with Crippen molar-refractivity contribution in [3.63, 3.8) is 0 Å². The molecule has 3 N–H and O–H groups in total. The quantitative estimate of drug-likeness (QED) is 0.541. The first kappa shape index (κ1) is 13.2. The van der Waals surface area contributed by atoms with Crippen molar-refractivity contribution >= 4 is 17.8 Å². The summed E-state index contributed by atoms with van der Waals surface area (Å²) in [5, 5.41) is 19.2. The van der Waals surface area contributed by atoms with Gasteiger partial charge in [0.1, 0.15) is 6.04 Å². The Morgan fingerprint density at radius 2 is 1.93 bits per heavy atom. The monoisotopic (exact) mass is 215 g/mol. The van der Waals surface area contributed by atoms with E-state index in [1.165, 1.54) is 12.2 Å². The van der Waals surface area contributed by atoms with E-state index in [0.717, 1.165) is 0 Å². The lowest BCUT2D eigenvalue weighted by atomic mass is 10.1. The van der Waals surface area contributed by atoms with Crippen LogP contribution in [-0.4, -0.2) is 34.1 Å². The molecule has 0 heterocycles. The Kier molecular flexibility index (Phi) is 5.77. The maximum absolute atomic E-state index is 11.0. The van der Waals surface area contributed by atoms with Gasteiger partial charge in [-0.1, -0.05) is 6.08 Å². The predicted octanol–water partition coefficient (Wildman–Crippen LogP) is -0.00330. The number of carbonyl (C=O) groups excluding carboxylic acids is 1. The van der Waals surface area contributed by atoms with Gasteiger partial charge in [-0.05, 0) is 19.4 Å². The van der Waals surface area contributed by atoms with E-state index >= 15 is 0 Å². The highest BCUT2D eigenvalue weighted by Crippen LogP contribution is 1.98. The van der Waals surface area contributed by atoms with Crippen molar-refractivity contribution in [3.05, 3.63) is 12.2 Å². The molecule has 0 aliphatic heterocycles. The molecule has 0 rings (SSSR count). The molecule has 0 radical (unpaired) electrons. The van der Waals surface area contributed by atoms with Crippen LogP contribution in [0.4, 0.5) is 0 Å². The maximum atomic E-state index is 11.0. The molecule has 6 heteroatoms. The Bertz CT molecular complexity index is 284. The molecule has 0 saturated heterocycles. The Morgan fingerprint density at radius 1 is 1.33 bits per heavy atom. The fraction of sp³-hybridized carbons (Fsp3) is 0.444. The van der Waals surface area contributed by atoms with Gasteiger partial charge in [0, 0.05) is 6.42 Å². The van der Waals surface area contributed by atoms with Crippen LogP contribution in [-0.2, 0) is 14.4 Å². The van der Waals surface area contributed by atoms with Gasteiger partial charge in [0.25, 0.3) is 0 Å². The number of carbonyl (C=O) groups is 3. The van der Waals surface area contributed by atoms with Crippen molar-refractivity contribution in [2.24, 2.45) is 0 Å². The minimum absolute atomic E-state index is 0.131. The smallest absolute Gasteiger partial charge is 0.326 e. The Morgan fingerprint density at radius 3 is 2.33 bits per heavy atom. The van der Waals surface area contributed by atoms with Crippen LogP contribution in [0.5, 0.6) is 0 Å². The Balaban J connectivity index is 4.22. The molecular weight excluding hydrogens is 202 g/mol. The second kappa shape index (κ2) is 6.58. The average Bonchev–Trinajstić information content (AvgIpc) is 2.11. The lowest BCUT2D eigenvalue weighted by molar-refractivity contribution is -0.142. The van der Waals surface area contributed by atoms with Crippen LogP contribution in [0, 0.1) is 0 Å². The van der Waals surface area contributed by atoms with E-state index in [1.807, 2.05) is 0 Å². The molecule has 15 heavy (non-hydrogen) atoms. The number of aliphatic carboxylic acids is 2. The molecular formula is C9H13NO5. The number of rotatable bonds is 6. The number of hydrogen-bond acceptors (Lipinski definition) is 3. The predicted molar refractivity (Wildman–Crippen MR) is 51.3 cm³/mol. The first-order valence-electron chi connectivity index (χ1n) is 4.35. The highest BCUT2D eigenvalue weighted by Gasteiger charge is 2.19. The summed E-state index contributed by atoms with van der Waals surface area (Å²) in [5.41, 5.74) is 0. The van der Waals surface area contributed by atoms with E-state index in [9.17, 15) is 14.4 Å². The Labute approximate surface area is 86.6 Å². The molecule has 1 amide bonds. The zero-order valence-electron chi connectivity index (χ0n) is 8.27. The molecule has 0 spiro atoms. The number of hydrogen-bond donors (Lipinski definition) is 3. The average molecular weight is 215 g/mol. The fourth-order valence-electron chi connectivity index (χ4n) is 0.896. The third-order valence-electron chi connectivity index (χ3n) is 1.58. The molecule has 0 saturated carbocycles. The molecule has 6 nitrogen and oxygen atoms in total. The summed E-state index contributed by atoms with van der Waals surface area (Å²) in [6.07, 6.45) is 2.21. The molecule has 84 valence electrons. The van der Waals surface area contributed by atoms with Crippen molar-refractivity contribution in [1.29, 1.82) is 0 Å². The molecule has 0 aromatic heterocycles. The number of nitrogens with one attached hydrogen (secondary N) is 1. The topological polar surface area (TPSA) is 104 Å². The first-order valence-corrected chi connectivity index (χ1v) is 4.35. The highest BCUT2D eigenvalue weighted by atomic mass is 16.4. The number of allylic oxidation sites excluding steroid dienone is 1. The van der Waals surface area contributed by atoms with E-state index in [4.69, 9.17) is 10.2 Å². The second-order valence-corrected chi connectivity index (χ2v) is 2.83.